The summed E-state index contributed by atoms with van der Waals surface area (Å²) in [5.74, 6) is -0.0511. The van der Waals surface area contributed by atoms with Crippen LogP contribution in [0.3, 0.4) is 0 Å². The molecule has 0 aliphatic carbocycles. The predicted octanol–water partition coefficient (Wildman–Crippen LogP) is 2.79. The van der Waals surface area contributed by atoms with Crippen molar-refractivity contribution in [2.75, 3.05) is 18.3 Å². The Bertz CT molecular complexity index is 1060. The van der Waals surface area contributed by atoms with Gasteiger partial charge in [-0.1, -0.05) is 18.2 Å². The molecule has 0 aromatic heterocycles. The number of benzene rings is 2. The summed E-state index contributed by atoms with van der Waals surface area (Å²) in [7, 11) is 0. The second-order valence-corrected chi connectivity index (χ2v) is 6.42. The van der Waals surface area contributed by atoms with Crippen molar-refractivity contribution in [1.29, 1.82) is 0 Å². The van der Waals surface area contributed by atoms with Crippen molar-refractivity contribution in [3.05, 3.63) is 53.1 Å². The van der Waals surface area contributed by atoms with E-state index in [1.54, 1.807) is 43.3 Å². The standard InChI is InChI=1S/C21H18N2O6/c1-3-27-16-10-18-17(28-11-29-18)9-13(16)8-14-19(24)22-21(26)23(20(14)25)15-7-5-4-6-12(15)2/h4-10H,3,11H2,1-2H3,(H,22,24,26)/b14-8-. The van der Waals surface area contributed by atoms with Crippen LogP contribution in [0.1, 0.15) is 18.1 Å². The van der Waals surface area contributed by atoms with Crippen LogP contribution in [-0.2, 0) is 9.59 Å². The highest BCUT2D eigenvalue weighted by atomic mass is 16.7. The molecule has 0 spiro atoms. The molecule has 0 saturated carbocycles. The van der Waals surface area contributed by atoms with Gasteiger partial charge in [0.05, 0.1) is 12.3 Å². The van der Waals surface area contributed by atoms with Gasteiger partial charge in [-0.25, -0.2) is 9.69 Å². The number of hydrogen-bond acceptors (Lipinski definition) is 6. The maximum Gasteiger partial charge on any atom is 0.335 e. The van der Waals surface area contributed by atoms with E-state index in [2.05, 4.69) is 5.32 Å². The van der Waals surface area contributed by atoms with Gasteiger partial charge in [0.1, 0.15) is 11.3 Å². The Hall–Kier alpha value is -3.81. The number of rotatable bonds is 4. The first-order chi connectivity index (χ1) is 14.0. The normalized spacial score (nSPS) is 17.0. The SMILES string of the molecule is CCOc1cc2c(cc1/C=C1/C(=O)NC(=O)N(c3ccccc3C)C1=O)OCO2. The fraction of sp³-hybridized carbons (Fsp3) is 0.190. The van der Waals surface area contributed by atoms with Gasteiger partial charge in [0.2, 0.25) is 6.79 Å². The molecule has 0 bridgehead atoms. The number of nitrogens with zero attached hydrogens (tertiary/aromatic N) is 1. The summed E-state index contributed by atoms with van der Waals surface area (Å²) < 4.78 is 16.4. The van der Waals surface area contributed by atoms with Crippen LogP contribution in [0.2, 0.25) is 0 Å². The Morgan fingerprint density at radius 3 is 2.59 bits per heavy atom. The maximum absolute atomic E-state index is 13.1. The number of anilines is 1. The number of aryl methyl sites for hydroxylation is 1. The van der Waals surface area contributed by atoms with Crippen molar-refractivity contribution >= 4 is 29.6 Å². The molecule has 1 saturated heterocycles. The monoisotopic (exact) mass is 394 g/mol. The second kappa shape index (κ2) is 7.31. The lowest BCUT2D eigenvalue weighted by atomic mass is 10.0. The van der Waals surface area contributed by atoms with Gasteiger partial charge in [-0.05, 0) is 37.6 Å². The number of para-hydroxylation sites is 1. The number of barbiturate groups is 1. The summed E-state index contributed by atoms with van der Waals surface area (Å²) in [5.41, 5.74) is 1.41. The number of hydrogen-bond donors (Lipinski definition) is 1. The Balaban J connectivity index is 1.79. The van der Waals surface area contributed by atoms with Gasteiger partial charge in [-0.15, -0.1) is 0 Å². The number of carbonyl (C=O) groups is 3. The van der Waals surface area contributed by atoms with Gasteiger partial charge in [0.15, 0.2) is 11.5 Å². The molecule has 1 N–H and O–H groups in total. The third-order valence-corrected chi connectivity index (χ3v) is 4.56. The fourth-order valence-electron chi connectivity index (χ4n) is 3.18. The zero-order chi connectivity index (χ0) is 20.5. The Morgan fingerprint density at radius 2 is 1.86 bits per heavy atom. The second-order valence-electron chi connectivity index (χ2n) is 6.42. The van der Waals surface area contributed by atoms with Gasteiger partial charge in [-0.2, -0.15) is 0 Å². The van der Waals surface area contributed by atoms with Gasteiger partial charge in [0, 0.05) is 11.6 Å². The van der Waals surface area contributed by atoms with E-state index in [1.165, 1.54) is 6.08 Å². The molecular weight excluding hydrogens is 376 g/mol. The lowest BCUT2D eigenvalue weighted by molar-refractivity contribution is -0.122. The predicted molar refractivity (Wildman–Crippen MR) is 104 cm³/mol. The van der Waals surface area contributed by atoms with Crippen LogP contribution in [-0.4, -0.2) is 31.2 Å². The smallest absolute Gasteiger partial charge is 0.335 e. The Morgan fingerprint density at radius 1 is 1.14 bits per heavy atom. The van der Waals surface area contributed by atoms with Crippen LogP contribution in [0.4, 0.5) is 10.5 Å². The van der Waals surface area contributed by atoms with Crippen molar-refractivity contribution in [1.82, 2.24) is 5.32 Å². The van der Waals surface area contributed by atoms with Crippen molar-refractivity contribution in [3.8, 4) is 17.2 Å². The topological polar surface area (TPSA) is 94.2 Å². The van der Waals surface area contributed by atoms with E-state index >= 15 is 0 Å². The average Bonchev–Trinajstić information content (AvgIpc) is 3.14. The quantitative estimate of drug-likeness (QED) is 0.633. The number of ether oxygens (including phenoxy) is 3. The summed E-state index contributed by atoms with van der Waals surface area (Å²) in [5, 5.41) is 2.22. The zero-order valence-corrected chi connectivity index (χ0v) is 15.9. The fourth-order valence-corrected chi connectivity index (χ4v) is 3.18. The van der Waals surface area contributed by atoms with Crippen molar-refractivity contribution in [2.45, 2.75) is 13.8 Å². The number of fused-ring (bicyclic) bond motifs is 1. The van der Waals surface area contributed by atoms with Crippen LogP contribution >= 0.6 is 0 Å². The average molecular weight is 394 g/mol. The summed E-state index contributed by atoms with van der Waals surface area (Å²) in [6.45, 7) is 4.05. The first-order valence-electron chi connectivity index (χ1n) is 9.03. The molecule has 1 fully saturated rings. The highest BCUT2D eigenvalue weighted by molar-refractivity contribution is 6.39. The van der Waals surface area contributed by atoms with Crippen LogP contribution in [0.25, 0.3) is 6.08 Å². The highest BCUT2D eigenvalue weighted by Gasteiger charge is 2.37. The van der Waals surface area contributed by atoms with Crippen LogP contribution in [0.5, 0.6) is 17.2 Å². The van der Waals surface area contributed by atoms with E-state index in [-0.39, 0.29) is 12.4 Å². The minimum absolute atomic E-state index is 0.0793. The molecule has 2 aromatic rings. The van der Waals surface area contributed by atoms with E-state index in [0.717, 1.165) is 10.5 Å². The third kappa shape index (κ3) is 3.29. The van der Waals surface area contributed by atoms with E-state index in [9.17, 15) is 14.4 Å². The molecule has 8 heteroatoms. The molecule has 4 amide bonds. The molecule has 2 aliphatic heterocycles. The van der Waals surface area contributed by atoms with Gasteiger partial charge < -0.3 is 14.2 Å². The molecular formula is C21H18N2O6. The highest BCUT2D eigenvalue weighted by Crippen LogP contribution is 2.39. The van der Waals surface area contributed by atoms with Crippen molar-refractivity contribution in [3.63, 3.8) is 0 Å². The lowest BCUT2D eigenvalue weighted by Crippen LogP contribution is -2.54. The molecule has 4 rings (SSSR count). The molecule has 0 atom stereocenters. The van der Waals surface area contributed by atoms with Crippen molar-refractivity contribution < 1.29 is 28.6 Å². The summed E-state index contributed by atoms with van der Waals surface area (Å²) in [6.07, 6.45) is 1.39. The molecule has 29 heavy (non-hydrogen) atoms. The minimum Gasteiger partial charge on any atom is -0.493 e. The van der Waals surface area contributed by atoms with E-state index in [4.69, 9.17) is 14.2 Å². The van der Waals surface area contributed by atoms with Crippen LogP contribution in [0.15, 0.2) is 42.0 Å². The van der Waals surface area contributed by atoms with Crippen LogP contribution < -0.4 is 24.4 Å². The number of imide groups is 2. The number of amides is 4. The number of urea groups is 1. The Labute approximate surface area is 166 Å². The molecule has 8 nitrogen and oxygen atoms in total. The van der Waals surface area contributed by atoms with Gasteiger partial charge in [0.25, 0.3) is 11.8 Å². The van der Waals surface area contributed by atoms with Gasteiger partial charge >= 0.3 is 6.03 Å². The van der Waals surface area contributed by atoms with Crippen LogP contribution in [0, 0.1) is 6.92 Å². The minimum atomic E-state index is -0.790. The molecule has 0 unspecified atom stereocenters. The lowest BCUT2D eigenvalue weighted by Gasteiger charge is -2.27. The third-order valence-electron chi connectivity index (χ3n) is 4.56. The zero-order valence-electron chi connectivity index (χ0n) is 15.9. The summed E-state index contributed by atoms with van der Waals surface area (Å²) >= 11 is 0. The van der Waals surface area contributed by atoms with E-state index in [1.807, 2.05) is 6.92 Å². The number of nitrogens with one attached hydrogen (secondary N) is 1. The first kappa shape index (κ1) is 18.5. The molecule has 2 heterocycles. The van der Waals surface area contributed by atoms with Crippen molar-refractivity contribution in [2.24, 2.45) is 0 Å². The molecule has 148 valence electrons. The van der Waals surface area contributed by atoms with E-state index in [0.29, 0.717) is 35.1 Å². The molecule has 2 aliphatic rings. The maximum atomic E-state index is 13.1. The number of carbonyl (C=O) groups excluding carboxylic acids is 3. The van der Waals surface area contributed by atoms with Gasteiger partial charge in [-0.3, -0.25) is 14.9 Å². The molecule has 2 aromatic carbocycles. The largest absolute Gasteiger partial charge is 0.493 e. The Kier molecular flexibility index (Phi) is 4.67. The first-order valence-corrected chi connectivity index (χ1v) is 9.03. The summed E-state index contributed by atoms with van der Waals surface area (Å²) in [6, 6.07) is 9.43. The summed E-state index contributed by atoms with van der Waals surface area (Å²) in [4.78, 5) is 38.9. The molecule has 0 radical (unpaired) electrons. The van der Waals surface area contributed by atoms with E-state index < -0.39 is 17.8 Å².